The summed E-state index contributed by atoms with van der Waals surface area (Å²) in [5, 5.41) is 13.8. The lowest BCUT2D eigenvalue weighted by Gasteiger charge is -2.17. The highest BCUT2D eigenvalue weighted by atomic mass is 127. The van der Waals surface area contributed by atoms with E-state index in [0.717, 1.165) is 9.13 Å². The zero-order valence-electron chi connectivity index (χ0n) is 13.0. The molecule has 7 heteroatoms. The van der Waals surface area contributed by atoms with E-state index in [-0.39, 0.29) is 17.2 Å². The number of nitro groups is 1. The Morgan fingerprint density at radius 3 is 2.48 bits per heavy atom. The maximum Gasteiger partial charge on any atom is 0.270 e. The van der Waals surface area contributed by atoms with E-state index >= 15 is 0 Å². The van der Waals surface area contributed by atoms with Gasteiger partial charge in [-0.05, 0) is 59.3 Å². The Hall–Kier alpha value is -2.16. The molecule has 0 aliphatic carbocycles. The van der Waals surface area contributed by atoms with Gasteiger partial charge in [-0.2, -0.15) is 0 Å². The van der Waals surface area contributed by atoms with Gasteiger partial charge in [-0.25, -0.2) is 0 Å². The number of anilines is 2. The summed E-state index contributed by atoms with van der Waals surface area (Å²) < 4.78 is 1.07. The van der Waals surface area contributed by atoms with E-state index in [9.17, 15) is 14.9 Å². The molecule has 2 aromatic rings. The summed E-state index contributed by atoms with van der Waals surface area (Å²) >= 11 is 2.20. The predicted molar refractivity (Wildman–Crippen MR) is 99.3 cm³/mol. The maximum atomic E-state index is 12.6. The average molecular weight is 425 g/mol. The first kappa shape index (κ1) is 17.2. The highest BCUT2D eigenvalue weighted by Crippen LogP contribution is 2.26. The molecule has 0 unspecified atom stereocenters. The molecule has 0 bridgehead atoms. The van der Waals surface area contributed by atoms with Crippen LogP contribution in [-0.2, 0) is 0 Å². The topological polar surface area (TPSA) is 75.5 Å². The van der Waals surface area contributed by atoms with Crippen LogP contribution in [0.15, 0.2) is 36.4 Å². The number of nitrogens with one attached hydrogen (secondary N) is 1. The fraction of sp³-hybridized carbons (Fsp3) is 0.188. The number of non-ortho nitro benzene ring substituents is 1. The number of hydrogen-bond acceptors (Lipinski definition) is 4. The molecule has 0 saturated heterocycles. The number of carbonyl (C=O) groups excluding carboxylic acids is 1. The molecule has 0 aliphatic rings. The molecular weight excluding hydrogens is 409 g/mol. The highest BCUT2D eigenvalue weighted by Gasteiger charge is 2.18. The zero-order chi connectivity index (χ0) is 17.1. The molecule has 6 nitrogen and oxygen atoms in total. The number of aryl methyl sites for hydroxylation is 1. The molecule has 2 rings (SSSR count). The van der Waals surface area contributed by atoms with Crippen molar-refractivity contribution in [3.63, 3.8) is 0 Å². The molecule has 0 aromatic heterocycles. The van der Waals surface area contributed by atoms with Gasteiger partial charge in [0, 0.05) is 41.2 Å². The number of halogens is 1. The van der Waals surface area contributed by atoms with Crippen LogP contribution in [0.2, 0.25) is 0 Å². The summed E-state index contributed by atoms with van der Waals surface area (Å²) in [7, 11) is 3.57. The standard InChI is InChI=1S/C16H16IN3O3/c1-10-8-11(17)4-6-14(10)18-16(21)13-9-12(20(22)23)5-7-15(13)19(2)3/h4-9H,1-3H3,(H,18,21). The van der Waals surface area contributed by atoms with Gasteiger partial charge in [-0.15, -0.1) is 0 Å². The van der Waals surface area contributed by atoms with E-state index in [1.165, 1.54) is 12.1 Å². The van der Waals surface area contributed by atoms with Crippen LogP contribution in [0.5, 0.6) is 0 Å². The lowest BCUT2D eigenvalue weighted by atomic mass is 10.1. The van der Waals surface area contributed by atoms with Crippen LogP contribution >= 0.6 is 22.6 Å². The second-order valence-electron chi connectivity index (χ2n) is 5.27. The molecule has 0 spiro atoms. The van der Waals surface area contributed by atoms with Gasteiger partial charge in [0.2, 0.25) is 0 Å². The monoisotopic (exact) mass is 425 g/mol. The highest BCUT2D eigenvalue weighted by molar-refractivity contribution is 14.1. The number of nitro benzene ring substituents is 1. The van der Waals surface area contributed by atoms with Crippen molar-refractivity contribution in [2.45, 2.75) is 6.92 Å². The second kappa shape index (κ2) is 6.95. The van der Waals surface area contributed by atoms with Crippen LogP contribution in [0.25, 0.3) is 0 Å². The van der Waals surface area contributed by atoms with Crippen LogP contribution in [0.1, 0.15) is 15.9 Å². The molecule has 0 atom stereocenters. The average Bonchev–Trinajstić information content (AvgIpc) is 2.49. The molecule has 0 fully saturated rings. The summed E-state index contributed by atoms with van der Waals surface area (Å²) in [6.07, 6.45) is 0. The molecule has 120 valence electrons. The predicted octanol–water partition coefficient (Wildman–Crippen LogP) is 3.83. The quantitative estimate of drug-likeness (QED) is 0.459. The Balaban J connectivity index is 2.40. The minimum atomic E-state index is -0.508. The van der Waals surface area contributed by atoms with Crippen molar-refractivity contribution >= 4 is 45.6 Å². The van der Waals surface area contributed by atoms with Crippen molar-refractivity contribution in [3.05, 3.63) is 61.2 Å². The number of hydrogen-bond donors (Lipinski definition) is 1. The molecule has 1 amide bonds. The largest absolute Gasteiger partial charge is 0.377 e. The summed E-state index contributed by atoms with van der Waals surface area (Å²) in [5.41, 5.74) is 2.40. The molecule has 0 saturated carbocycles. The van der Waals surface area contributed by atoms with E-state index < -0.39 is 4.92 Å². The first-order chi connectivity index (χ1) is 10.8. The normalized spacial score (nSPS) is 10.3. The van der Waals surface area contributed by atoms with E-state index in [4.69, 9.17) is 0 Å². The van der Waals surface area contributed by atoms with Crippen LogP contribution in [0.4, 0.5) is 17.1 Å². The Bertz CT molecular complexity index is 775. The van der Waals surface area contributed by atoms with Gasteiger partial charge in [-0.3, -0.25) is 14.9 Å². The molecule has 23 heavy (non-hydrogen) atoms. The van der Waals surface area contributed by atoms with E-state index in [0.29, 0.717) is 11.4 Å². The number of amides is 1. The first-order valence-electron chi connectivity index (χ1n) is 6.83. The minimum absolute atomic E-state index is 0.111. The molecule has 2 aromatic carbocycles. The van der Waals surface area contributed by atoms with Crippen molar-refractivity contribution in [2.24, 2.45) is 0 Å². The third-order valence-electron chi connectivity index (χ3n) is 3.35. The van der Waals surface area contributed by atoms with Crippen molar-refractivity contribution < 1.29 is 9.72 Å². The van der Waals surface area contributed by atoms with Crippen molar-refractivity contribution in [3.8, 4) is 0 Å². The Kier molecular flexibility index (Phi) is 5.19. The summed E-state index contributed by atoms with van der Waals surface area (Å²) in [6.45, 7) is 1.90. The van der Waals surface area contributed by atoms with Gasteiger partial charge in [0.1, 0.15) is 0 Å². The van der Waals surface area contributed by atoms with E-state index in [1.807, 2.05) is 25.1 Å². The second-order valence-corrected chi connectivity index (χ2v) is 6.51. The molecule has 0 radical (unpaired) electrons. The van der Waals surface area contributed by atoms with Gasteiger partial charge in [0.15, 0.2) is 0 Å². The van der Waals surface area contributed by atoms with Gasteiger partial charge in [0.25, 0.3) is 11.6 Å². The molecule has 0 heterocycles. The van der Waals surface area contributed by atoms with Crippen molar-refractivity contribution in [2.75, 3.05) is 24.3 Å². The Morgan fingerprint density at radius 1 is 1.22 bits per heavy atom. The molecule has 0 aliphatic heterocycles. The van der Waals surface area contributed by atoms with Crippen LogP contribution in [-0.4, -0.2) is 24.9 Å². The fourth-order valence-corrected chi connectivity index (χ4v) is 2.81. The lowest BCUT2D eigenvalue weighted by molar-refractivity contribution is -0.384. The summed E-state index contributed by atoms with van der Waals surface area (Å²) in [4.78, 5) is 24.8. The van der Waals surface area contributed by atoms with Gasteiger partial charge >= 0.3 is 0 Å². The SMILES string of the molecule is Cc1cc(I)ccc1NC(=O)c1cc([N+](=O)[O-])ccc1N(C)C. The Labute approximate surface area is 147 Å². The van der Waals surface area contributed by atoms with Gasteiger partial charge in [-0.1, -0.05) is 0 Å². The van der Waals surface area contributed by atoms with Crippen molar-refractivity contribution in [1.29, 1.82) is 0 Å². The lowest BCUT2D eigenvalue weighted by Crippen LogP contribution is -2.19. The van der Waals surface area contributed by atoms with Crippen LogP contribution in [0.3, 0.4) is 0 Å². The number of nitrogens with zero attached hydrogens (tertiary/aromatic N) is 2. The maximum absolute atomic E-state index is 12.6. The molecule has 1 N–H and O–H groups in total. The minimum Gasteiger partial charge on any atom is -0.377 e. The molecular formula is C16H16IN3O3. The third-order valence-corrected chi connectivity index (χ3v) is 4.03. The van der Waals surface area contributed by atoms with Gasteiger partial charge in [0.05, 0.1) is 10.5 Å². The van der Waals surface area contributed by atoms with Gasteiger partial charge < -0.3 is 10.2 Å². The Morgan fingerprint density at radius 2 is 1.91 bits per heavy atom. The van der Waals surface area contributed by atoms with Crippen LogP contribution in [0, 0.1) is 20.6 Å². The number of benzene rings is 2. The smallest absolute Gasteiger partial charge is 0.270 e. The van der Waals surface area contributed by atoms with Crippen LogP contribution < -0.4 is 10.2 Å². The third kappa shape index (κ3) is 3.98. The summed E-state index contributed by atoms with van der Waals surface area (Å²) in [6, 6.07) is 9.93. The van der Waals surface area contributed by atoms with E-state index in [2.05, 4.69) is 27.9 Å². The fourth-order valence-electron chi connectivity index (χ4n) is 2.17. The van der Waals surface area contributed by atoms with Crippen molar-refractivity contribution in [1.82, 2.24) is 0 Å². The summed E-state index contributed by atoms with van der Waals surface area (Å²) in [5.74, 6) is -0.373. The number of rotatable bonds is 4. The van der Waals surface area contributed by atoms with E-state index in [1.54, 1.807) is 25.1 Å². The number of carbonyl (C=O) groups is 1. The zero-order valence-corrected chi connectivity index (χ0v) is 15.1. The first-order valence-corrected chi connectivity index (χ1v) is 7.90.